The largest absolute Gasteiger partial charge is 0.489 e. The van der Waals surface area contributed by atoms with E-state index in [1.807, 2.05) is 0 Å². The van der Waals surface area contributed by atoms with Gasteiger partial charge in [-0.15, -0.1) is 0 Å². The monoisotopic (exact) mass is 500 g/mol. The molecule has 1 aromatic heterocycles. The highest BCUT2D eigenvalue weighted by molar-refractivity contribution is 6.04. The Morgan fingerprint density at radius 1 is 1.17 bits per heavy atom. The van der Waals surface area contributed by atoms with Gasteiger partial charge in [-0.05, 0) is 61.6 Å². The molecule has 0 spiro atoms. The fraction of sp³-hybridized carbons (Fsp3) is 0.320. The number of oxazole rings is 1. The Morgan fingerprint density at radius 2 is 1.89 bits per heavy atom. The molecule has 0 unspecified atom stereocenters. The molecule has 5 N–H and O–H groups in total. The van der Waals surface area contributed by atoms with E-state index in [-0.39, 0.29) is 35.3 Å². The van der Waals surface area contributed by atoms with Crippen molar-refractivity contribution in [3.05, 3.63) is 59.5 Å². The molecule has 0 aliphatic heterocycles. The maximum atomic E-state index is 13.0. The van der Waals surface area contributed by atoms with Gasteiger partial charge in [-0.25, -0.2) is 4.98 Å². The molecule has 1 heterocycles. The van der Waals surface area contributed by atoms with Crippen LogP contribution >= 0.6 is 0 Å². The Kier molecular flexibility index (Phi) is 7.49. The van der Waals surface area contributed by atoms with Crippen molar-refractivity contribution < 1.29 is 32.3 Å². The third kappa shape index (κ3) is 6.36. The van der Waals surface area contributed by atoms with Gasteiger partial charge in [-0.1, -0.05) is 12.1 Å². The van der Waals surface area contributed by atoms with Crippen LogP contribution in [-0.2, 0) is 11.2 Å². The molecule has 1 aliphatic rings. The summed E-state index contributed by atoms with van der Waals surface area (Å²) in [4.78, 5) is 28.4. The second-order valence-electron chi connectivity index (χ2n) is 8.61. The van der Waals surface area contributed by atoms with Crippen LogP contribution < -0.4 is 26.3 Å². The van der Waals surface area contributed by atoms with E-state index in [1.54, 1.807) is 31.2 Å². The van der Waals surface area contributed by atoms with Crippen molar-refractivity contribution >= 4 is 17.5 Å². The number of primary amides is 1. The van der Waals surface area contributed by atoms with E-state index in [9.17, 15) is 18.4 Å². The van der Waals surface area contributed by atoms with Crippen LogP contribution in [0, 0.1) is 5.92 Å². The first-order chi connectivity index (χ1) is 17.2. The molecule has 0 saturated heterocycles. The number of nitrogens with one attached hydrogen (secondary N) is 1. The maximum Gasteiger partial charge on any atom is 0.387 e. The van der Waals surface area contributed by atoms with Crippen molar-refractivity contribution in [2.24, 2.45) is 17.4 Å². The lowest BCUT2D eigenvalue weighted by molar-refractivity contribution is -0.117. The summed E-state index contributed by atoms with van der Waals surface area (Å²) in [7, 11) is 0. The maximum absolute atomic E-state index is 13.0. The summed E-state index contributed by atoms with van der Waals surface area (Å²) in [6.45, 7) is -0.986. The summed E-state index contributed by atoms with van der Waals surface area (Å²) in [5.41, 5.74) is 12.8. The fourth-order valence-corrected chi connectivity index (χ4v) is 3.46. The van der Waals surface area contributed by atoms with Gasteiger partial charge in [0.1, 0.15) is 0 Å². The Hall–Kier alpha value is -3.99. The molecule has 0 bridgehead atoms. The number of halogens is 2. The standard InChI is InChI=1S/C25H26F2N4O5/c1-13(28)22-21(23(33)30-17-7-4-14(5-8-17)10-20(29)32)31-24(36-22)16-6-9-18(35-25(26)27)19(11-16)34-12-15-2-3-15/h4-9,11,13,15,25H,2-3,10,12,28H2,1H3,(H2,29,32)(H,30,33)/t13-/m0/s1. The SMILES string of the molecule is C[C@H](N)c1oc(-c2ccc(OC(F)F)c(OCC3CC3)c2)nc1C(=O)Nc1ccc(CC(N)=O)cc1. The first kappa shape index (κ1) is 25.1. The number of benzene rings is 2. The fourth-order valence-electron chi connectivity index (χ4n) is 3.46. The van der Waals surface area contributed by atoms with Crippen LogP contribution in [0.25, 0.3) is 11.5 Å². The van der Waals surface area contributed by atoms with Crippen molar-refractivity contribution in [3.8, 4) is 23.0 Å². The minimum atomic E-state index is -3.01. The number of alkyl halides is 2. The van der Waals surface area contributed by atoms with Crippen LogP contribution in [0.1, 0.15) is 47.6 Å². The minimum Gasteiger partial charge on any atom is -0.489 e. The molecule has 1 aliphatic carbocycles. The number of rotatable bonds is 11. The molecule has 1 saturated carbocycles. The second-order valence-corrected chi connectivity index (χ2v) is 8.61. The smallest absolute Gasteiger partial charge is 0.387 e. The second kappa shape index (κ2) is 10.7. The van der Waals surface area contributed by atoms with Crippen molar-refractivity contribution in [2.75, 3.05) is 11.9 Å². The molecule has 36 heavy (non-hydrogen) atoms. The molecule has 4 rings (SSSR count). The van der Waals surface area contributed by atoms with Crippen molar-refractivity contribution in [3.63, 3.8) is 0 Å². The van der Waals surface area contributed by atoms with Crippen LogP contribution in [0.4, 0.5) is 14.5 Å². The quantitative estimate of drug-likeness (QED) is 0.361. The van der Waals surface area contributed by atoms with E-state index >= 15 is 0 Å². The van der Waals surface area contributed by atoms with Gasteiger partial charge < -0.3 is 30.7 Å². The lowest BCUT2D eigenvalue weighted by Crippen LogP contribution is -2.17. The summed E-state index contributed by atoms with van der Waals surface area (Å²) in [5.74, 6) is -0.375. The number of hydrogen-bond donors (Lipinski definition) is 3. The third-order valence-corrected chi connectivity index (χ3v) is 5.45. The van der Waals surface area contributed by atoms with Gasteiger partial charge in [-0.3, -0.25) is 9.59 Å². The number of carbonyl (C=O) groups is 2. The average molecular weight is 501 g/mol. The van der Waals surface area contributed by atoms with Crippen LogP contribution in [0.5, 0.6) is 11.5 Å². The van der Waals surface area contributed by atoms with E-state index < -0.39 is 24.5 Å². The lowest BCUT2D eigenvalue weighted by atomic mass is 10.1. The Labute approximate surface area is 205 Å². The molecule has 3 aromatic rings. The molecule has 1 fully saturated rings. The molecular weight excluding hydrogens is 474 g/mol. The first-order valence-electron chi connectivity index (χ1n) is 11.4. The van der Waals surface area contributed by atoms with Gasteiger partial charge in [0.25, 0.3) is 5.91 Å². The molecular formula is C25H26F2N4O5. The molecule has 11 heteroatoms. The van der Waals surface area contributed by atoms with E-state index in [0.29, 0.717) is 29.3 Å². The zero-order valence-electron chi connectivity index (χ0n) is 19.5. The first-order valence-corrected chi connectivity index (χ1v) is 11.4. The Morgan fingerprint density at radius 3 is 2.50 bits per heavy atom. The predicted molar refractivity (Wildman–Crippen MR) is 127 cm³/mol. The van der Waals surface area contributed by atoms with Gasteiger partial charge in [-0.2, -0.15) is 8.78 Å². The average Bonchev–Trinajstić information content (AvgIpc) is 3.53. The zero-order valence-corrected chi connectivity index (χ0v) is 19.5. The summed E-state index contributed by atoms with van der Waals surface area (Å²) in [6.07, 6.45) is 2.13. The minimum absolute atomic E-state index is 0.0189. The molecule has 1 atom stereocenters. The number of ether oxygens (including phenoxy) is 2. The lowest BCUT2D eigenvalue weighted by Gasteiger charge is -2.12. The normalized spacial score (nSPS) is 13.9. The summed E-state index contributed by atoms with van der Waals surface area (Å²) < 4.78 is 41.8. The van der Waals surface area contributed by atoms with Crippen molar-refractivity contribution in [1.82, 2.24) is 4.98 Å². The van der Waals surface area contributed by atoms with Crippen LogP contribution in [0.3, 0.4) is 0 Å². The van der Waals surface area contributed by atoms with Gasteiger partial charge >= 0.3 is 6.61 Å². The molecule has 2 amide bonds. The summed E-state index contributed by atoms with van der Waals surface area (Å²) >= 11 is 0. The Balaban J connectivity index is 1.58. The Bertz CT molecular complexity index is 1240. The molecule has 0 radical (unpaired) electrons. The van der Waals surface area contributed by atoms with E-state index in [1.165, 1.54) is 18.2 Å². The van der Waals surface area contributed by atoms with Crippen molar-refractivity contribution in [1.29, 1.82) is 0 Å². The van der Waals surface area contributed by atoms with E-state index in [4.69, 9.17) is 20.6 Å². The van der Waals surface area contributed by atoms with E-state index in [0.717, 1.165) is 12.8 Å². The number of carbonyl (C=O) groups excluding carboxylic acids is 2. The highest BCUT2D eigenvalue weighted by Crippen LogP contribution is 2.37. The van der Waals surface area contributed by atoms with Gasteiger partial charge in [0, 0.05) is 11.3 Å². The van der Waals surface area contributed by atoms with Crippen LogP contribution in [-0.4, -0.2) is 30.0 Å². The topological polar surface area (TPSA) is 143 Å². The number of amides is 2. The number of anilines is 1. The molecule has 2 aromatic carbocycles. The van der Waals surface area contributed by atoms with Gasteiger partial charge in [0.2, 0.25) is 11.8 Å². The van der Waals surface area contributed by atoms with Gasteiger partial charge in [0.15, 0.2) is 23.0 Å². The third-order valence-electron chi connectivity index (χ3n) is 5.45. The molecule has 190 valence electrons. The van der Waals surface area contributed by atoms with Crippen LogP contribution in [0.15, 0.2) is 46.9 Å². The number of aromatic nitrogens is 1. The highest BCUT2D eigenvalue weighted by atomic mass is 19.3. The van der Waals surface area contributed by atoms with Crippen LogP contribution in [0.2, 0.25) is 0 Å². The number of nitrogens with two attached hydrogens (primary N) is 2. The predicted octanol–water partition coefficient (Wildman–Crippen LogP) is 4.03. The summed E-state index contributed by atoms with van der Waals surface area (Å²) in [6, 6.07) is 10.3. The highest BCUT2D eigenvalue weighted by Gasteiger charge is 2.26. The summed E-state index contributed by atoms with van der Waals surface area (Å²) in [5, 5.41) is 2.72. The molecule has 9 nitrogen and oxygen atoms in total. The van der Waals surface area contributed by atoms with Crippen molar-refractivity contribution in [2.45, 2.75) is 38.8 Å². The van der Waals surface area contributed by atoms with E-state index in [2.05, 4.69) is 15.0 Å². The number of nitrogens with zero attached hydrogens (tertiary/aromatic N) is 1. The van der Waals surface area contributed by atoms with Gasteiger partial charge in [0.05, 0.1) is 19.1 Å². The zero-order chi connectivity index (χ0) is 25.8. The number of hydrogen-bond acceptors (Lipinski definition) is 7.